The van der Waals surface area contributed by atoms with E-state index in [4.69, 9.17) is 0 Å². The number of benzene rings is 2. The van der Waals surface area contributed by atoms with E-state index in [1.807, 2.05) is 0 Å². The normalized spacial score (nSPS) is 27.3. The van der Waals surface area contributed by atoms with Gasteiger partial charge in [0.25, 0.3) is 11.8 Å². The summed E-state index contributed by atoms with van der Waals surface area (Å²) in [5.74, 6) is -7.94. The monoisotopic (exact) mass is 631 g/mol. The minimum atomic E-state index is -4.31. The standard InChI is InChI=1S/C31H32F3N3O6S/c1-44(42,43)25(32)15-18(14-17-12-13-35-27(17)38)36-28(39)26-24-11-10-19(16-30(24,33)34)37(26)29(40)31(41)22-8-4-2-6-20(22)21-7-3-5-9-23(21)31/h2-9,15,17-19,24,26,41H,10-14,16H2,1H3,(H,35,38)(H,36,39)/b25-15+/t17-,18-,19-,24-,26-/m0/s1. The summed E-state index contributed by atoms with van der Waals surface area (Å²) in [6.45, 7) is 0.338. The first kappa shape index (κ1) is 30.3. The van der Waals surface area contributed by atoms with Crippen molar-refractivity contribution in [3.63, 3.8) is 0 Å². The summed E-state index contributed by atoms with van der Waals surface area (Å²) in [5.41, 5.74) is -0.529. The lowest BCUT2D eigenvalue weighted by Crippen LogP contribution is -2.70. The number of alkyl halides is 2. The van der Waals surface area contributed by atoms with E-state index in [0.29, 0.717) is 36.4 Å². The smallest absolute Gasteiger partial charge is 0.264 e. The molecule has 5 aliphatic rings. The second-order valence-corrected chi connectivity index (χ2v) is 14.1. The van der Waals surface area contributed by atoms with E-state index >= 15 is 8.78 Å². The fourth-order valence-electron chi connectivity index (χ4n) is 7.32. The number of hydrogen-bond donors (Lipinski definition) is 3. The minimum Gasteiger partial charge on any atom is -0.372 e. The Balaban J connectivity index is 1.39. The first-order valence-electron chi connectivity index (χ1n) is 14.5. The average molecular weight is 632 g/mol. The summed E-state index contributed by atoms with van der Waals surface area (Å²) in [5, 5.41) is 15.8. The third kappa shape index (κ3) is 4.90. The van der Waals surface area contributed by atoms with Gasteiger partial charge >= 0.3 is 0 Å². The van der Waals surface area contributed by atoms with Crippen molar-refractivity contribution >= 4 is 27.6 Å². The summed E-state index contributed by atoms with van der Waals surface area (Å²) >= 11 is 0. The van der Waals surface area contributed by atoms with Gasteiger partial charge in [-0.05, 0) is 42.9 Å². The maximum absolute atomic E-state index is 15.4. The number of hydrogen-bond acceptors (Lipinski definition) is 6. The van der Waals surface area contributed by atoms with Gasteiger partial charge in [-0.2, -0.15) is 4.39 Å². The second-order valence-electron chi connectivity index (χ2n) is 12.1. The molecule has 7 rings (SSSR count). The molecule has 3 aliphatic heterocycles. The fraction of sp³-hybridized carbons (Fsp3) is 0.452. The van der Waals surface area contributed by atoms with Crippen molar-refractivity contribution in [2.45, 2.75) is 61.8 Å². The van der Waals surface area contributed by atoms with E-state index in [-0.39, 0.29) is 36.3 Å². The summed E-state index contributed by atoms with van der Waals surface area (Å²) in [4.78, 5) is 41.8. The first-order chi connectivity index (χ1) is 20.7. The van der Waals surface area contributed by atoms with Gasteiger partial charge in [0, 0.05) is 42.3 Å². The third-order valence-corrected chi connectivity index (χ3v) is 10.2. The van der Waals surface area contributed by atoms with Gasteiger partial charge in [0.05, 0.1) is 12.0 Å². The van der Waals surface area contributed by atoms with Crippen LogP contribution in [0.25, 0.3) is 11.1 Å². The van der Waals surface area contributed by atoms with Crippen LogP contribution in [0.2, 0.25) is 0 Å². The zero-order valence-electron chi connectivity index (χ0n) is 23.8. The van der Waals surface area contributed by atoms with Crippen LogP contribution < -0.4 is 10.6 Å². The Kier molecular flexibility index (Phi) is 7.39. The van der Waals surface area contributed by atoms with Gasteiger partial charge in [-0.25, -0.2) is 17.2 Å². The summed E-state index contributed by atoms with van der Waals surface area (Å²) < 4.78 is 69.1. The molecule has 2 aliphatic carbocycles. The van der Waals surface area contributed by atoms with Crippen LogP contribution in [-0.2, 0) is 29.8 Å². The highest BCUT2D eigenvalue weighted by atomic mass is 32.2. The van der Waals surface area contributed by atoms with Crippen molar-refractivity contribution in [2.75, 3.05) is 12.8 Å². The quantitative estimate of drug-likeness (QED) is 0.431. The number of rotatable bonds is 7. The van der Waals surface area contributed by atoms with Gasteiger partial charge in [0.2, 0.25) is 26.8 Å². The Bertz CT molecular complexity index is 1630. The first-order valence-corrected chi connectivity index (χ1v) is 16.4. The van der Waals surface area contributed by atoms with Crippen LogP contribution in [0.4, 0.5) is 13.2 Å². The summed E-state index contributed by atoms with van der Waals surface area (Å²) in [7, 11) is -4.31. The van der Waals surface area contributed by atoms with Crippen LogP contribution in [0.15, 0.2) is 59.8 Å². The highest BCUT2D eigenvalue weighted by Gasteiger charge is 2.63. The molecule has 3 saturated heterocycles. The topological polar surface area (TPSA) is 133 Å². The molecule has 13 heteroatoms. The van der Waals surface area contributed by atoms with Gasteiger partial charge in [-0.15, -0.1) is 0 Å². The largest absolute Gasteiger partial charge is 0.372 e. The number of fused-ring (bicyclic) bond motifs is 6. The molecule has 9 nitrogen and oxygen atoms in total. The summed E-state index contributed by atoms with van der Waals surface area (Å²) in [6, 6.07) is 9.27. The molecular weight excluding hydrogens is 599 g/mol. The van der Waals surface area contributed by atoms with Crippen molar-refractivity contribution in [1.82, 2.24) is 15.5 Å². The van der Waals surface area contributed by atoms with Crippen molar-refractivity contribution in [1.29, 1.82) is 0 Å². The van der Waals surface area contributed by atoms with Crippen molar-refractivity contribution < 1.29 is 41.1 Å². The van der Waals surface area contributed by atoms with E-state index < -0.39 is 74.7 Å². The van der Waals surface area contributed by atoms with Crippen LogP contribution in [0.5, 0.6) is 0 Å². The third-order valence-electron chi connectivity index (χ3n) is 9.39. The number of nitrogens with zero attached hydrogens (tertiary/aromatic N) is 1. The molecule has 3 amide bonds. The van der Waals surface area contributed by atoms with Crippen LogP contribution in [0.1, 0.15) is 43.2 Å². The Morgan fingerprint density at radius 3 is 2.25 bits per heavy atom. The molecule has 5 atom stereocenters. The Labute approximate surface area is 252 Å². The zero-order chi connectivity index (χ0) is 31.6. The van der Waals surface area contributed by atoms with Crippen LogP contribution in [0.3, 0.4) is 0 Å². The van der Waals surface area contributed by atoms with Crippen molar-refractivity contribution in [3.05, 3.63) is 70.9 Å². The fourth-order valence-corrected chi connectivity index (χ4v) is 7.73. The van der Waals surface area contributed by atoms with E-state index in [2.05, 4.69) is 10.6 Å². The second kappa shape index (κ2) is 10.7. The van der Waals surface area contributed by atoms with E-state index in [1.165, 1.54) is 0 Å². The molecule has 0 unspecified atom stereocenters. The number of amides is 3. The predicted octanol–water partition coefficient (Wildman–Crippen LogP) is 2.78. The SMILES string of the molecule is CS(=O)(=O)/C(F)=C/[C@H](C[C@@H]1CCNC1=O)NC(=O)[C@@H]1[C@@H]2CC[C@@H](CC2(F)F)N1C(=O)C1(O)c2ccccc2-c2ccccc21. The number of sulfone groups is 1. The van der Waals surface area contributed by atoms with E-state index in [9.17, 15) is 32.3 Å². The molecule has 1 saturated carbocycles. The maximum Gasteiger partial charge on any atom is 0.264 e. The molecule has 3 N–H and O–H groups in total. The van der Waals surface area contributed by atoms with Crippen LogP contribution in [-0.4, -0.2) is 73.0 Å². The number of aliphatic hydroxyl groups is 1. The van der Waals surface area contributed by atoms with Gasteiger partial charge in [-0.3, -0.25) is 14.4 Å². The van der Waals surface area contributed by atoms with Crippen LogP contribution >= 0.6 is 0 Å². The number of piperidine rings is 2. The molecule has 0 spiro atoms. The molecule has 0 radical (unpaired) electrons. The lowest BCUT2D eigenvalue weighted by atomic mass is 9.70. The zero-order valence-corrected chi connectivity index (χ0v) is 24.6. The number of carbonyl (C=O) groups is 3. The lowest BCUT2D eigenvalue weighted by Gasteiger charge is -2.55. The molecule has 234 valence electrons. The molecular formula is C31H32F3N3O6S. The molecule has 2 bridgehead atoms. The molecule has 44 heavy (non-hydrogen) atoms. The van der Waals surface area contributed by atoms with Gasteiger partial charge in [0.1, 0.15) is 6.04 Å². The van der Waals surface area contributed by atoms with Gasteiger partial charge in [0.15, 0.2) is 5.60 Å². The minimum absolute atomic E-state index is 0.0750. The molecule has 2 aromatic carbocycles. The molecule has 0 aromatic heterocycles. The molecule has 4 fully saturated rings. The highest BCUT2D eigenvalue weighted by Crippen LogP contribution is 2.53. The van der Waals surface area contributed by atoms with E-state index in [0.717, 1.165) is 4.90 Å². The molecule has 2 aromatic rings. The average Bonchev–Trinajstić information content (AvgIpc) is 3.50. The number of carbonyl (C=O) groups excluding carboxylic acids is 3. The Morgan fingerprint density at radius 1 is 1.09 bits per heavy atom. The highest BCUT2D eigenvalue weighted by molar-refractivity contribution is 7.94. The number of halogens is 3. The molecule has 3 heterocycles. The van der Waals surface area contributed by atoms with Crippen LogP contribution in [0, 0.1) is 11.8 Å². The predicted molar refractivity (Wildman–Crippen MR) is 153 cm³/mol. The van der Waals surface area contributed by atoms with Gasteiger partial charge in [-0.1, -0.05) is 48.5 Å². The maximum atomic E-state index is 15.4. The lowest BCUT2D eigenvalue weighted by molar-refractivity contribution is -0.201. The van der Waals surface area contributed by atoms with E-state index in [1.54, 1.807) is 48.5 Å². The Morgan fingerprint density at radius 2 is 1.70 bits per heavy atom. The number of nitrogens with one attached hydrogen (secondary N) is 2. The summed E-state index contributed by atoms with van der Waals surface area (Å²) in [6.07, 6.45) is 0.872. The Hall–Kier alpha value is -3.71. The van der Waals surface area contributed by atoms with Crippen molar-refractivity contribution in [2.24, 2.45) is 11.8 Å². The van der Waals surface area contributed by atoms with Crippen molar-refractivity contribution in [3.8, 4) is 11.1 Å². The van der Waals surface area contributed by atoms with Gasteiger partial charge < -0.3 is 20.6 Å².